The third-order valence-corrected chi connectivity index (χ3v) is 5.76. The van der Waals surface area contributed by atoms with Gasteiger partial charge in [0.15, 0.2) is 11.5 Å². The molecule has 0 radical (unpaired) electrons. The first-order valence-corrected chi connectivity index (χ1v) is 10.5. The van der Waals surface area contributed by atoms with E-state index in [2.05, 4.69) is 5.16 Å². The zero-order chi connectivity index (χ0) is 21.2. The average molecular weight is 420 g/mol. The van der Waals surface area contributed by atoms with Gasteiger partial charge < -0.3 is 23.6 Å². The van der Waals surface area contributed by atoms with Crippen LogP contribution < -0.4 is 14.2 Å². The third kappa shape index (κ3) is 3.83. The summed E-state index contributed by atoms with van der Waals surface area (Å²) in [6.45, 7) is 1.96. The molecule has 0 bridgehead atoms. The number of ether oxygens (including phenoxy) is 3. The van der Waals surface area contributed by atoms with Crippen molar-refractivity contribution in [1.29, 1.82) is 0 Å². The quantitative estimate of drug-likeness (QED) is 0.619. The van der Waals surface area contributed by atoms with Gasteiger partial charge in [0.25, 0.3) is 5.91 Å². The van der Waals surface area contributed by atoms with Crippen molar-refractivity contribution in [3.05, 3.63) is 59.9 Å². The number of carbonyl (C=O) groups is 1. The molecule has 0 aliphatic carbocycles. The molecule has 1 atom stereocenters. The summed E-state index contributed by atoms with van der Waals surface area (Å²) in [7, 11) is 1.62. The van der Waals surface area contributed by atoms with E-state index in [1.165, 1.54) is 0 Å². The number of carbonyl (C=O) groups excluding carboxylic acids is 1. The fourth-order valence-electron chi connectivity index (χ4n) is 4.18. The summed E-state index contributed by atoms with van der Waals surface area (Å²) in [6, 6.07) is 15.1. The molecule has 2 aromatic carbocycles. The molecule has 0 unspecified atom stereocenters. The van der Waals surface area contributed by atoms with Gasteiger partial charge in [0, 0.05) is 24.6 Å². The largest absolute Gasteiger partial charge is 0.497 e. The van der Waals surface area contributed by atoms with E-state index in [0.29, 0.717) is 25.5 Å². The predicted octanol–water partition coefficient (Wildman–Crippen LogP) is 4.49. The number of likely N-dealkylation sites (tertiary alicyclic amines) is 1. The molecule has 7 nitrogen and oxygen atoms in total. The first-order chi connectivity index (χ1) is 15.2. The molecular weight excluding hydrogens is 396 g/mol. The van der Waals surface area contributed by atoms with Crippen LogP contribution in [0.2, 0.25) is 0 Å². The summed E-state index contributed by atoms with van der Waals surface area (Å²) in [5.41, 5.74) is 2.49. The van der Waals surface area contributed by atoms with E-state index in [1.54, 1.807) is 13.2 Å². The van der Waals surface area contributed by atoms with Crippen LogP contribution in [0.15, 0.2) is 53.1 Å². The molecule has 0 N–H and O–H groups in total. The standard InChI is InChI=1S/C24H24N2O5/c1-28-18-6-2-5-16(13-18)19-15-23(31-25-19)24(27)26-10-3-7-20(26)17-8-9-21-22(14-17)30-12-4-11-29-21/h2,5-6,8-9,13-15,20H,3-4,7,10-12H2,1H3/t20-/m1/s1. The maximum Gasteiger partial charge on any atom is 0.292 e. The van der Waals surface area contributed by atoms with Crippen LogP contribution in [-0.2, 0) is 0 Å². The lowest BCUT2D eigenvalue weighted by Crippen LogP contribution is -2.30. The van der Waals surface area contributed by atoms with Crippen molar-refractivity contribution in [3.63, 3.8) is 0 Å². The fourth-order valence-corrected chi connectivity index (χ4v) is 4.18. The Bertz CT molecular complexity index is 1090. The lowest BCUT2D eigenvalue weighted by atomic mass is 10.0. The van der Waals surface area contributed by atoms with Crippen molar-refractivity contribution in [2.75, 3.05) is 26.9 Å². The smallest absolute Gasteiger partial charge is 0.292 e. The first-order valence-electron chi connectivity index (χ1n) is 10.5. The Balaban J connectivity index is 1.38. The molecule has 3 heterocycles. The van der Waals surface area contributed by atoms with E-state index >= 15 is 0 Å². The van der Waals surface area contributed by atoms with Gasteiger partial charge in [-0.05, 0) is 42.7 Å². The molecule has 3 aromatic rings. The number of methoxy groups -OCH3 is 1. The van der Waals surface area contributed by atoms with Gasteiger partial charge in [-0.1, -0.05) is 23.4 Å². The number of hydrogen-bond acceptors (Lipinski definition) is 6. The number of benzene rings is 2. The zero-order valence-electron chi connectivity index (χ0n) is 17.4. The van der Waals surface area contributed by atoms with E-state index in [4.69, 9.17) is 18.7 Å². The molecule has 1 saturated heterocycles. The maximum atomic E-state index is 13.3. The highest BCUT2D eigenvalue weighted by molar-refractivity contribution is 5.93. The molecule has 5 rings (SSSR count). The molecule has 2 aliphatic rings. The number of hydrogen-bond donors (Lipinski definition) is 0. The SMILES string of the molecule is COc1cccc(-c2cc(C(=O)N3CCC[C@@H]3c3ccc4c(c3)OCCCO4)on2)c1. The highest BCUT2D eigenvalue weighted by Crippen LogP contribution is 2.38. The lowest BCUT2D eigenvalue weighted by Gasteiger charge is -2.24. The van der Waals surface area contributed by atoms with Crippen molar-refractivity contribution in [3.8, 4) is 28.5 Å². The molecule has 7 heteroatoms. The van der Waals surface area contributed by atoms with Crippen LogP contribution in [0.5, 0.6) is 17.2 Å². The van der Waals surface area contributed by atoms with Gasteiger partial charge in [0.1, 0.15) is 11.4 Å². The molecule has 31 heavy (non-hydrogen) atoms. The minimum absolute atomic E-state index is 0.0324. The normalized spacial score (nSPS) is 18.0. The van der Waals surface area contributed by atoms with Crippen molar-refractivity contribution < 1.29 is 23.5 Å². The topological polar surface area (TPSA) is 74.0 Å². The van der Waals surface area contributed by atoms with Gasteiger partial charge in [-0.2, -0.15) is 0 Å². The van der Waals surface area contributed by atoms with E-state index in [9.17, 15) is 4.79 Å². The number of rotatable bonds is 4. The van der Waals surface area contributed by atoms with Crippen LogP contribution in [0.3, 0.4) is 0 Å². The van der Waals surface area contributed by atoms with Crippen LogP contribution in [-0.4, -0.2) is 42.8 Å². The van der Waals surface area contributed by atoms with Gasteiger partial charge in [-0.25, -0.2) is 0 Å². The van der Waals surface area contributed by atoms with Crippen molar-refractivity contribution >= 4 is 5.91 Å². The van der Waals surface area contributed by atoms with Gasteiger partial charge in [-0.15, -0.1) is 0 Å². The van der Waals surface area contributed by atoms with E-state index in [1.807, 2.05) is 47.4 Å². The second-order valence-electron chi connectivity index (χ2n) is 7.72. The van der Waals surface area contributed by atoms with Crippen LogP contribution in [0.25, 0.3) is 11.3 Å². The van der Waals surface area contributed by atoms with Gasteiger partial charge in [-0.3, -0.25) is 4.79 Å². The first kappa shape index (κ1) is 19.5. The number of amides is 1. The van der Waals surface area contributed by atoms with Crippen molar-refractivity contribution in [2.45, 2.75) is 25.3 Å². The highest BCUT2D eigenvalue weighted by atomic mass is 16.5. The predicted molar refractivity (Wildman–Crippen MR) is 114 cm³/mol. The maximum absolute atomic E-state index is 13.3. The molecule has 2 aliphatic heterocycles. The van der Waals surface area contributed by atoms with Gasteiger partial charge in [0.05, 0.1) is 26.4 Å². The van der Waals surface area contributed by atoms with E-state index in [-0.39, 0.29) is 17.7 Å². The van der Waals surface area contributed by atoms with E-state index < -0.39 is 0 Å². The Hall–Kier alpha value is -3.48. The monoisotopic (exact) mass is 420 g/mol. The molecule has 1 fully saturated rings. The minimum atomic E-state index is -0.156. The Morgan fingerprint density at radius 1 is 1.06 bits per heavy atom. The zero-order valence-corrected chi connectivity index (χ0v) is 17.4. The van der Waals surface area contributed by atoms with Crippen molar-refractivity contribution in [2.24, 2.45) is 0 Å². The average Bonchev–Trinajstić information content (AvgIpc) is 3.44. The summed E-state index contributed by atoms with van der Waals surface area (Å²) in [5.74, 6) is 2.31. The minimum Gasteiger partial charge on any atom is -0.497 e. The molecule has 160 valence electrons. The second kappa shape index (κ2) is 8.34. The summed E-state index contributed by atoms with van der Waals surface area (Å²) in [4.78, 5) is 15.1. The Kier molecular flexibility index (Phi) is 5.24. The number of aromatic nitrogens is 1. The molecule has 0 saturated carbocycles. The Morgan fingerprint density at radius 3 is 2.81 bits per heavy atom. The summed E-state index contributed by atoms with van der Waals surface area (Å²) in [5, 5.41) is 4.11. The van der Waals surface area contributed by atoms with Crippen LogP contribution in [0, 0.1) is 0 Å². The summed E-state index contributed by atoms with van der Waals surface area (Å²) >= 11 is 0. The Morgan fingerprint density at radius 2 is 1.94 bits per heavy atom. The summed E-state index contributed by atoms with van der Waals surface area (Å²) < 4.78 is 22.3. The van der Waals surface area contributed by atoms with Gasteiger partial charge in [0.2, 0.25) is 5.76 Å². The van der Waals surface area contributed by atoms with Crippen LogP contribution >= 0.6 is 0 Å². The van der Waals surface area contributed by atoms with Crippen LogP contribution in [0.4, 0.5) is 0 Å². The second-order valence-corrected chi connectivity index (χ2v) is 7.72. The van der Waals surface area contributed by atoms with E-state index in [0.717, 1.165) is 47.6 Å². The molecule has 1 amide bonds. The summed E-state index contributed by atoms with van der Waals surface area (Å²) in [6.07, 6.45) is 2.68. The van der Waals surface area contributed by atoms with Gasteiger partial charge >= 0.3 is 0 Å². The fraction of sp³-hybridized carbons (Fsp3) is 0.333. The third-order valence-electron chi connectivity index (χ3n) is 5.76. The molecule has 1 aromatic heterocycles. The molecule has 0 spiro atoms. The number of nitrogens with zero attached hydrogens (tertiary/aromatic N) is 2. The number of fused-ring (bicyclic) bond motifs is 1. The van der Waals surface area contributed by atoms with Crippen molar-refractivity contribution in [1.82, 2.24) is 10.1 Å². The molecular formula is C24H24N2O5. The Labute approximate surface area is 180 Å². The van der Waals surface area contributed by atoms with Crippen LogP contribution in [0.1, 0.15) is 41.4 Å². The lowest BCUT2D eigenvalue weighted by molar-refractivity contribution is 0.0693. The highest BCUT2D eigenvalue weighted by Gasteiger charge is 2.33.